The van der Waals surface area contributed by atoms with Gasteiger partial charge in [0.05, 0.1) is 31.2 Å². The standard InChI is InChI=1S/C18H17F3N8O3.C5H9F3O.C2H6/c19-18(20,21)12-8-28(17(31)25-12)6-9-3-13-24-11(7-29(13)23-4-9)5-22-16(30)15-14(10-1-2-10)26-32-27-15;1-4(2,9-3)5(6,7)8;1-2/h3-4,7,10,12H,1-2,5-6,8H2,(H,22,30)(H,25,31);1-3H3;1-2H3. The molecule has 0 spiro atoms. The molecule has 0 radical (unpaired) electrons. The summed E-state index contributed by atoms with van der Waals surface area (Å²) in [5, 5.41) is 16.3. The van der Waals surface area contributed by atoms with E-state index in [1.807, 2.05) is 19.2 Å². The van der Waals surface area contributed by atoms with Crippen molar-refractivity contribution in [1.29, 1.82) is 0 Å². The van der Waals surface area contributed by atoms with Gasteiger partial charge in [-0.25, -0.2) is 18.9 Å². The lowest BCUT2D eigenvalue weighted by Gasteiger charge is -2.25. The molecular weight excluding hydrogens is 590 g/mol. The zero-order valence-corrected chi connectivity index (χ0v) is 24.0. The summed E-state index contributed by atoms with van der Waals surface area (Å²) in [6.45, 7) is 5.55. The zero-order valence-electron chi connectivity index (χ0n) is 24.0. The molecule has 1 atom stereocenters. The molecule has 0 aromatic carbocycles. The van der Waals surface area contributed by atoms with Crippen LogP contribution in [0.1, 0.15) is 73.9 Å². The van der Waals surface area contributed by atoms with Crippen LogP contribution in [0.2, 0.25) is 0 Å². The highest BCUT2D eigenvalue weighted by Crippen LogP contribution is 2.40. The van der Waals surface area contributed by atoms with E-state index in [1.165, 1.54) is 10.7 Å². The number of alkyl halides is 6. The average Bonchev–Trinajstić information content (AvgIpc) is 3.33. The molecule has 2 aliphatic rings. The molecule has 3 amide bonds. The molecule has 3 aromatic heterocycles. The number of rotatable bonds is 7. The molecular formula is C25H32F6N8O4. The summed E-state index contributed by atoms with van der Waals surface area (Å²) in [7, 11) is 1.04. The van der Waals surface area contributed by atoms with Crippen molar-refractivity contribution in [3.8, 4) is 0 Å². The topological polar surface area (TPSA) is 140 Å². The summed E-state index contributed by atoms with van der Waals surface area (Å²) in [6, 6.07) is -1.06. The van der Waals surface area contributed by atoms with E-state index in [9.17, 15) is 35.9 Å². The number of nitrogens with one attached hydrogen (secondary N) is 2. The summed E-state index contributed by atoms with van der Waals surface area (Å²) in [4.78, 5) is 29.7. The van der Waals surface area contributed by atoms with Crippen molar-refractivity contribution in [3.05, 3.63) is 41.1 Å². The van der Waals surface area contributed by atoms with E-state index in [-0.39, 0.29) is 24.7 Å². The minimum atomic E-state index is -4.50. The molecule has 18 heteroatoms. The maximum Gasteiger partial charge on any atom is 0.416 e. The quantitative estimate of drug-likeness (QED) is 0.371. The number of urea groups is 1. The van der Waals surface area contributed by atoms with Crippen LogP contribution in [0, 0.1) is 0 Å². The maximum atomic E-state index is 12.8. The number of fused-ring (bicyclic) bond motifs is 1. The fourth-order valence-corrected chi connectivity index (χ4v) is 3.62. The van der Waals surface area contributed by atoms with Crippen molar-refractivity contribution >= 4 is 17.6 Å². The molecule has 2 N–H and O–H groups in total. The average molecular weight is 623 g/mol. The van der Waals surface area contributed by atoms with Crippen LogP contribution in [0.15, 0.2) is 23.1 Å². The van der Waals surface area contributed by atoms with Crippen molar-refractivity contribution in [2.24, 2.45) is 0 Å². The van der Waals surface area contributed by atoms with Gasteiger partial charge in [0.2, 0.25) is 0 Å². The minimum absolute atomic E-state index is 0.0378. The van der Waals surface area contributed by atoms with Crippen LogP contribution in [0.5, 0.6) is 0 Å². The third kappa shape index (κ3) is 8.32. The van der Waals surface area contributed by atoms with Gasteiger partial charge in [-0.3, -0.25) is 4.79 Å². The number of hydrogen-bond acceptors (Lipinski definition) is 8. The number of halogens is 6. The first-order chi connectivity index (χ1) is 20.1. The Labute approximate surface area is 242 Å². The molecule has 0 bridgehead atoms. The number of imidazole rings is 1. The Morgan fingerprint density at radius 2 is 1.84 bits per heavy atom. The highest BCUT2D eigenvalue weighted by atomic mass is 19.4. The van der Waals surface area contributed by atoms with E-state index >= 15 is 0 Å². The predicted octanol–water partition coefficient (Wildman–Crippen LogP) is 4.38. The van der Waals surface area contributed by atoms with Crippen molar-refractivity contribution < 1.29 is 45.3 Å². The monoisotopic (exact) mass is 622 g/mol. The molecule has 1 unspecified atom stereocenters. The van der Waals surface area contributed by atoms with E-state index in [2.05, 4.69) is 35.1 Å². The second-order valence-corrected chi connectivity index (χ2v) is 9.99. The molecule has 43 heavy (non-hydrogen) atoms. The van der Waals surface area contributed by atoms with Crippen LogP contribution in [-0.4, -0.2) is 79.4 Å². The lowest BCUT2D eigenvalue weighted by atomic mass is 10.1. The van der Waals surface area contributed by atoms with Crippen LogP contribution in [0.25, 0.3) is 5.65 Å². The largest absolute Gasteiger partial charge is 0.416 e. The van der Waals surface area contributed by atoms with Crippen LogP contribution < -0.4 is 10.6 Å². The third-order valence-corrected chi connectivity index (χ3v) is 6.50. The Bertz CT molecular complexity index is 1400. The molecule has 1 aliphatic carbocycles. The van der Waals surface area contributed by atoms with Crippen molar-refractivity contribution in [3.63, 3.8) is 0 Å². The molecule has 5 rings (SSSR count). The molecule has 2 fully saturated rings. The van der Waals surface area contributed by atoms with E-state index in [0.29, 0.717) is 22.6 Å². The number of aromatic nitrogens is 5. The lowest BCUT2D eigenvalue weighted by molar-refractivity contribution is -0.255. The number of hydrogen-bond donors (Lipinski definition) is 2. The fraction of sp³-hybridized carbons (Fsp3) is 0.600. The number of carbonyl (C=O) groups is 2. The van der Waals surface area contributed by atoms with E-state index < -0.39 is 42.5 Å². The summed E-state index contributed by atoms with van der Waals surface area (Å²) >= 11 is 0. The van der Waals surface area contributed by atoms with Crippen molar-refractivity contribution in [2.45, 2.75) is 83.5 Å². The van der Waals surface area contributed by atoms with Gasteiger partial charge < -0.3 is 20.3 Å². The molecule has 12 nitrogen and oxygen atoms in total. The van der Waals surface area contributed by atoms with E-state index in [1.54, 1.807) is 12.3 Å². The Morgan fingerprint density at radius 3 is 2.37 bits per heavy atom. The predicted molar refractivity (Wildman–Crippen MR) is 138 cm³/mol. The SMILES string of the molecule is CC.COC(C)(C)C(F)(F)F.O=C(NCc1cn2ncc(CN3CC(C(F)(F)F)NC3=O)cc2n1)c1nonc1C1CC1. The molecule has 1 saturated carbocycles. The van der Waals surface area contributed by atoms with Gasteiger partial charge in [0.25, 0.3) is 5.91 Å². The number of methoxy groups -OCH3 is 1. The van der Waals surface area contributed by atoms with Gasteiger partial charge in [0.15, 0.2) is 16.9 Å². The Kier molecular flexibility index (Phi) is 10.2. The molecule has 238 valence electrons. The van der Waals surface area contributed by atoms with Gasteiger partial charge in [0, 0.05) is 19.6 Å². The number of nitrogens with zero attached hydrogens (tertiary/aromatic N) is 6. The minimum Gasteiger partial charge on any atom is -0.369 e. The van der Waals surface area contributed by atoms with Gasteiger partial charge >= 0.3 is 18.4 Å². The molecule has 4 heterocycles. The first-order valence-electron chi connectivity index (χ1n) is 13.3. The Morgan fingerprint density at radius 1 is 1.16 bits per heavy atom. The molecule has 3 aromatic rings. The first kappa shape index (κ1) is 33.5. The van der Waals surface area contributed by atoms with Gasteiger partial charge in [0.1, 0.15) is 11.7 Å². The van der Waals surface area contributed by atoms with Crippen molar-refractivity contribution in [1.82, 2.24) is 40.4 Å². The number of ether oxygens (including phenoxy) is 1. The summed E-state index contributed by atoms with van der Waals surface area (Å²) in [6.07, 6.45) is -3.81. The smallest absolute Gasteiger partial charge is 0.369 e. The van der Waals surface area contributed by atoms with Crippen LogP contribution >= 0.6 is 0 Å². The Balaban J connectivity index is 0.000000397. The lowest BCUT2D eigenvalue weighted by Crippen LogP contribution is -2.40. The summed E-state index contributed by atoms with van der Waals surface area (Å²) in [5.74, 6) is -0.206. The Hall–Kier alpha value is -3.96. The second-order valence-electron chi connectivity index (χ2n) is 9.99. The highest BCUT2D eigenvalue weighted by molar-refractivity contribution is 5.93. The first-order valence-corrected chi connectivity index (χ1v) is 13.3. The molecule has 1 aliphatic heterocycles. The van der Waals surface area contributed by atoms with Gasteiger partial charge in [-0.1, -0.05) is 19.0 Å². The van der Waals surface area contributed by atoms with Crippen molar-refractivity contribution in [2.75, 3.05) is 13.7 Å². The number of carbonyl (C=O) groups excluding carboxylic acids is 2. The van der Waals surface area contributed by atoms with Crippen LogP contribution in [0.3, 0.4) is 0 Å². The molecule has 1 saturated heterocycles. The van der Waals surface area contributed by atoms with Gasteiger partial charge in [-0.2, -0.15) is 31.4 Å². The maximum absolute atomic E-state index is 12.8. The third-order valence-electron chi connectivity index (χ3n) is 6.50. The zero-order chi connectivity index (χ0) is 32.2. The van der Waals surface area contributed by atoms with E-state index in [4.69, 9.17) is 0 Å². The number of amides is 3. The van der Waals surface area contributed by atoms with Gasteiger partial charge in [-0.05, 0) is 43.5 Å². The van der Waals surface area contributed by atoms with E-state index in [0.717, 1.165) is 38.7 Å². The highest BCUT2D eigenvalue weighted by Gasteiger charge is 2.48. The summed E-state index contributed by atoms with van der Waals surface area (Å²) < 4.78 is 84.0. The van der Waals surface area contributed by atoms with Gasteiger partial charge in [-0.15, -0.1) is 0 Å². The fourth-order valence-electron chi connectivity index (χ4n) is 3.62. The van der Waals surface area contributed by atoms with Crippen LogP contribution in [-0.2, 0) is 17.8 Å². The normalized spacial score (nSPS) is 17.1. The summed E-state index contributed by atoms with van der Waals surface area (Å²) in [5.41, 5.74) is 0.177. The second kappa shape index (κ2) is 13.1. The van der Waals surface area contributed by atoms with Crippen LogP contribution in [0.4, 0.5) is 31.1 Å².